The lowest BCUT2D eigenvalue weighted by molar-refractivity contribution is 0.195. The van der Waals surface area contributed by atoms with Crippen molar-refractivity contribution in [1.82, 2.24) is 19.7 Å². The van der Waals surface area contributed by atoms with E-state index in [1.54, 1.807) is 6.20 Å². The second kappa shape index (κ2) is 7.29. The molecule has 0 bridgehead atoms. The number of nitrogens with one attached hydrogen (secondary N) is 1. The Morgan fingerprint density at radius 3 is 3.08 bits per heavy atom. The van der Waals surface area contributed by atoms with E-state index in [1.807, 2.05) is 29.9 Å². The van der Waals surface area contributed by atoms with Crippen LogP contribution in [0.5, 0.6) is 5.88 Å². The topological polar surface area (TPSA) is 74.1 Å². The summed E-state index contributed by atoms with van der Waals surface area (Å²) in [6.07, 6.45) is 4.54. The molecule has 4 rings (SSSR count). The van der Waals surface area contributed by atoms with Gasteiger partial charge in [-0.1, -0.05) is 0 Å². The quantitative estimate of drug-likeness (QED) is 0.734. The molecule has 0 radical (unpaired) electrons. The maximum Gasteiger partial charge on any atom is 0.222 e. The van der Waals surface area contributed by atoms with Gasteiger partial charge in [0.05, 0.1) is 42.4 Å². The highest BCUT2D eigenvalue weighted by atomic mass is 16.5. The van der Waals surface area contributed by atoms with Gasteiger partial charge in [-0.2, -0.15) is 5.10 Å². The molecule has 1 atom stereocenters. The molecule has 1 saturated heterocycles. The van der Waals surface area contributed by atoms with Gasteiger partial charge in [0.2, 0.25) is 5.88 Å². The first-order valence-electron chi connectivity index (χ1n) is 9.09. The monoisotopic (exact) mass is 353 g/mol. The van der Waals surface area contributed by atoms with Crippen molar-refractivity contribution < 1.29 is 9.47 Å². The number of aryl methyl sites for hydroxylation is 1. The minimum absolute atomic E-state index is 0.300. The number of pyridine rings is 2. The third kappa shape index (κ3) is 3.10. The Balaban J connectivity index is 1.83. The number of anilines is 1. The van der Waals surface area contributed by atoms with E-state index < -0.39 is 0 Å². The Morgan fingerprint density at radius 1 is 1.38 bits per heavy atom. The van der Waals surface area contributed by atoms with Crippen molar-refractivity contribution in [3.63, 3.8) is 0 Å². The molecule has 1 aliphatic rings. The van der Waals surface area contributed by atoms with Crippen molar-refractivity contribution in [3.8, 4) is 17.1 Å². The molecule has 0 unspecified atom stereocenters. The van der Waals surface area contributed by atoms with Crippen LogP contribution in [0.1, 0.15) is 20.3 Å². The van der Waals surface area contributed by atoms with Crippen LogP contribution in [0.25, 0.3) is 22.3 Å². The van der Waals surface area contributed by atoms with E-state index in [9.17, 15) is 0 Å². The molecule has 4 heterocycles. The van der Waals surface area contributed by atoms with Crippen molar-refractivity contribution >= 4 is 16.7 Å². The lowest BCUT2D eigenvalue weighted by Crippen LogP contribution is -2.19. The summed E-state index contributed by atoms with van der Waals surface area (Å²) < 4.78 is 13.2. The fourth-order valence-electron chi connectivity index (χ4n) is 3.29. The third-order valence-corrected chi connectivity index (χ3v) is 4.51. The average Bonchev–Trinajstić information content (AvgIpc) is 3.31. The summed E-state index contributed by atoms with van der Waals surface area (Å²) >= 11 is 0. The minimum atomic E-state index is 0.300. The van der Waals surface area contributed by atoms with Gasteiger partial charge >= 0.3 is 0 Å². The van der Waals surface area contributed by atoms with Gasteiger partial charge in [-0.3, -0.25) is 4.68 Å². The van der Waals surface area contributed by atoms with Crippen LogP contribution in [0.2, 0.25) is 0 Å². The van der Waals surface area contributed by atoms with Crippen molar-refractivity contribution in [1.29, 1.82) is 0 Å². The predicted octanol–water partition coefficient (Wildman–Crippen LogP) is 3.11. The highest BCUT2D eigenvalue weighted by Gasteiger charge is 2.20. The smallest absolute Gasteiger partial charge is 0.222 e. The van der Waals surface area contributed by atoms with E-state index in [0.717, 1.165) is 54.2 Å². The molecule has 0 amide bonds. The summed E-state index contributed by atoms with van der Waals surface area (Å²) in [4.78, 5) is 9.17. The number of rotatable bonds is 6. The second-order valence-corrected chi connectivity index (χ2v) is 6.24. The number of ether oxygens (including phenoxy) is 2. The van der Waals surface area contributed by atoms with E-state index in [2.05, 4.69) is 28.4 Å². The Labute approximate surface area is 152 Å². The van der Waals surface area contributed by atoms with E-state index in [-0.39, 0.29) is 0 Å². The van der Waals surface area contributed by atoms with Gasteiger partial charge < -0.3 is 14.8 Å². The highest BCUT2D eigenvalue weighted by molar-refractivity contribution is 5.91. The molecule has 1 aliphatic heterocycles. The number of hydrogen-bond donors (Lipinski definition) is 1. The number of aromatic nitrogens is 4. The van der Waals surface area contributed by atoms with Crippen LogP contribution in [-0.4, -0.2) is 45.6 Å². The minimum Gasteiger partial charge on any atom is -0.477 e. The summed E-state index contributed by atoms with van der Waals surface area (Å²) in [5, 5.41) is 8.10. The zero-order valence-corrected chi connectivity index (χ0v) is 15.1. The van der Waals surface area contributed by atoms with Crippen LogP contribution in [0.15, 0.2) is 30.6 Å². The fraction of sp³-hybridized carbons (Fsp3) is 0.421. The summed E-state index contributed by atoms with van der Waals surface area (Å²) in [6.45, 7) is 6.89. The Hall–Kier alpha value is -2.67. The zero-order valence-electron chi connectivity index (χ0n) is 15.1. The van der Waals surface area contributed by atoms with E-state index in [1.165, 1.54) is 0 Å². The molecule has 3 aromatic rings. The Morgan fingerprint density at radius 2 is 2.31 bits per heavy atom. The Bertz CT molecular complexity index is 902. The van der Waals surface area contributed by atoms with E-state index in [0.29, 0.717) is 18.5 Å². The standard InChI is InChI=1S/C19H23N5O2/c1-3-24-18-16(22-13-7-9-25-12-13)10-15(23-17(18)11-21-24)14-6-5-8-20-19(14)26-4-2/h5-6,8,10-11,13H,3-4,7,9,12H2,1-2H3,(H,22,23)/t13-/m0/s1. The van der Waals surface area contributed by atoms with Crippen LogP contribution < -0.4 is 10.1 Å². The van der Waals surface area contributed by atoms with E-state index in [4.69, 9.17) is 14.5 Å². The SMILES string of the molecule is CCOc1ncccc1-c1cc(N[C@H]2CCOC2)c2c(cnn2CC)n1. The van der Waals surface area contributed by atoms with Crippen LogP contribution in [0, 0.1) is 0 Å². The maximum atomic E-state index is 5.69. The lowest BCUT2D eigenvalue weighted by Gasteiger charge is -2.16. The van der Waals surface area contributed by atoms with Gasteiger partial charge in [0.1, 0.15) is 11.0 Å². The van der Waals surface area contributed by atoms with Gasteiger partial charge in [0.25, 0.3) is 0 Å². The van der Waals surface area contributed by atoms with Gasteiger partial charge in [0.15, 0.2) is 0 Å². The summed E-state index contributed by atoms with van der Waals surface area (Å²) in [7, 11) is 0. The molecule has 1 fully saturated rings. The summed E-state index contributed by atoms with van der Waals surface area (Å²) in [5.74, 6) is 0.597. The first-order valence-corrected chi connectivity index (χ1v) is 9.09. The van der Waals surface area contributed by atoms with Crippen LogP contribution in [0.3, 0.4) is 0 Å². The van der Waals surface area contributed by atoms with E-state index >= 15 is 0 Å². The van der Waals surface area contributed by atoms with Crippen LogP contribution in [0.4, 0.5) is 5.69 Å². The van der Waals surface area contributed by atoms with Gasteiger partial charge in [-0.15, -0.1) is 0 Å². The molecular weight excluding hydrogens is 330 g/mol. The number of hydrogen-bond acceptors (Lipinski definition) is 6. The molecule has 0 spiro atoms. The highest BCUT2D eigenvalue weighted by Crippen LogP contribution is 2.33. The fourth-order valence-corrected chi connectivity index (χ4v) is 3.29. The molecule has 3 aromatic heterocycles. The molecule has 7 heteroatoms. The predicted molar refractivity (Wildman–Crippen MR) is 100 cm³/mol. The van der Waals surface area contributed by atoms with Crippen molar-refractivity contribution in [3.05, 3.63) is 30.6 Å². The molecule has 0 saturated carbocycles. The van der Waals surface area contributed by atoms with Crippen molar-refractivity contribution in [2.75, 3.05) is 25.1 Å². The second-order valence-electron chi connectivity index (χ2n) is 6.24. The van der Waals surface area contributed by atoms with Gasteiger partial charge in [-0.25, -0.2) is 9.97 Å². The number of nitrogens with zero attached hydrogens (tertiary/aromatic N) is 4. The molecule has 7 nitrogen and oxygen atoms in total. The number of fused-ring (bicyclic) bond motifs is 1. The average molecular weight is 353 g/mol. The molecular formula is C19H23N5O2. The Kier molecular flexibility index (Phi) is 4.71. The van der Waals surface area contributed by atoms with Gasteiger partial charge in [-0.05, 0) is 38.5 Å². The summed E-state index contributed by atoms with van der Waals surface area (Å²) in [6, 6.07) is 6.25. The largest absolute Gasteiger partial charge is 0.477 e. The molecule has 136 valence electrons. The van der Waals surface area contributed by atoms with Gasteiger partial charge in [0, 0.05) is 19.3 Å². The first-order chi connectivity index (χ1) is 12.8. The lowest BCUT2D eigenvalue weighted by atomic mass is 10.1. The normalized spacial score (nSPS) is 16.9. The molecule has 0 aliphatic carbocycles. The molecule has 0 aromatic carbocycles. The van der Waals surface area contributed by atoms with Crippen LogP contribution in [-0.2, 0) is 11.3 Å². The first kappa shape index (κ1) is 16.8. The molecule has 1 N–H and O–H groups in total. The van der Waals surface area contributed by atoms with Crippen molar-refractivity contribution in [2.24, 2.45) is 0 Å². The summed E-state index contributed by atoms with van der Waals surface area (Å²) in [5.41, 5.74) is 4.60. The molecule has 26 heavy (non-hydrogen) atoms. The maximum absolute atomic E-state index is 5.69. The van der Waals surface area contributed by atoms with Crippen molar-refractivity contribution in [2.45, 2.75) is 32.9 Å². The third-order valence-electron chi connectivity index (χ3n) is 4.51. The zero-order chi connectivity index (χ0) is 17.9. The van der Waals surface area contributed by atoms with Crippen LogP contribution >= 0.6 is 0 Å².